The molecule has 5 heteroatoms. The van der Waals surface area contributed by atoms with Gasteiger partial charge in [0.1, 0.15) is 12.3 Å². The Balaban J connectivity index is 2.56. The molecule has 0 saturated carbocycles. The lowest BCUT2D eigenvalue weighted by Crippen LogP contribution is -2.56. The Morgan fingerprint density at radius 1 is 1.40 bits per heavy atom. The van der Waals surface area contributed by atoms with Crippen LogP contribution in [0.5, 0.6) is 0 Å². The van der Waals surface area contributed by atoms with Crippen LogP contribution in [0.25, 0.3) is 0 Å². The zero-order valence-corrected chi connectivity index (χ0v) is 5.09. The molecule has 1 unspecified atom stereocenters. The van der Waals surface area contributed by atoms with Crippen molar-refractivity contribution in [3.8, 4) is 0 Å². The predicted octanol–water partition coefficient (Wildman–Crippen LogP) is -2.20. The molecule has 1 saturated heterocycles. The Morgan fingerprint density at radius 3 is 2.60 bits per heavy atom. The summed E-state index contributed by atoms with van der Waals surface area (Å²) in [5.41, 5.74) is 0. The number of amides is 2. The van der Waals surface area contributed by atoms with Gasteiger partial charge in [-0.1, -0.05) is 0 Å². The van der Waals surface area contributed by atoms with Crippen LogP contribution in [-0.4, -0.2) is 30.7 Å². The molecule has 1 aliphatic rings. The Morgan fingerprint density at radius 2 is 2.10 bits per heavy atom. The molecule has 0 spiro atoms. The second kappa shape index (κ2) is 2.47. The molecular formula is C5H6N2O3. The fraction of sp³-hybridized carbons (Fsp3) is 0.400. The average molecular weight is 142 g/mol. The lowest BCUT2D eigenvalue weighted by molar-refractivity contribution is -0.141. The lowest BCUT2D eigenvalue weighted by Gasteiger charge is -2.17. The quantitative estimate of drug-likeness (QED) is 0.322. The molecule has 1 atom stereocenters. The van der Waals surface area contributed by atoms with E-state index >= 15 is 0 Å². The summed E-state index contributed by atoms with van der Waals surface area (Å²) in [6.45, 7) is 0.189. The number of aldehydes is 1. The van der Waals surface area contributed by atoms with Crippen LogP contribution in [0.4, 0.5) is 0 Å². The molecule has 0 aromatic carbocycles. The van der Waals surface area contributed by atoms with E-state index in [1.54, 1.807) is 0 Å². The van der Waals surface area contributed by atoms with Crippen molar-refractivity contribution < 1.29 is 14.4 Å². The van der Waals surface area contributed by atoms with Crippen LogP contribution < -0.4 is 10.6 Å². The normalized spacial score (nSPS) is 25.0. The number of hydrogen-bond donors (Lipinski definition) is 2. The van der Waals surface area contributed by atoms with Crippen molar-refractivity contribution in [1.29, 1.82) is 0 Å². The highest BCUT2D eigenvalue weighted by atomic mass is 16.2. The van der Waals surface area contributed by atoms with Crippen LogP contribution in [0, 0.1) is 0 Å². The average Bonchev–Trinajstić information content (AvgIpc) is 1.95. The SMILES string of the molecule is O=CC1CNC(=O)C(=O)N1. The van der Waals surface area contributed by atoms with Gasteiger partial charge in [-0.15, -0.1) is 0 Å². The van der Waals surface area contributed by atoms with E-state index in [2.05, 4.69) is 10.6 Å². The zero-order valence-electron chi connectivity index (χ0n) is 5.09. The highest BCUT2D eigenvalue weighted by molar-refractivity contribution is 6.36. The standard InChI is InChI=1S/C5H6N2O3/c8-2-3-1-6-4(9)5(10)7-3/h2-3H,1H2,(H,6,9)(H,7,10). The number of carbonyl (C=O) groups is 3. The first-order valence-corrected chi connectivity index (χ1v) is 2.78. The Labute approximate surface area is 56.8 Å². The maximum atomic E-state index is 10.5. The molecular weight excluding hydrogens is 136 g/mol. The van der Waals surface area contributed by atoms with Crippen molar-refractivity contribution >= 4 is 18.1 Å². The predicted molar refractivity (Wildman–Crippen MR) is 31.0 cm³/mol. The van der Waals surface area contributed by atoms with Crippen molar-refractivity contribution in [2.45, 2.75) is 6.04 Å². The van der Waals surface area contributed by atoms with Crippen molar-refractivity contribution in [2.24, 2.45) is 0 Å². The molecule has 54 valence electrons. The summed E-state index contributed by atoms with van der Waals surface area (Å²) in [4.78, 5) is 30.9. The van der Waals surface area contributed by atoms with Crippen LogP contribution >= 0.6 is 0 Å². The number of piperazine rings is 1. The van der Waals surface area contributed by atoms with Crippen LogP contribution in [-0.2, 0) is 14.4 Å². The molecule has 2 amide bonds. The van der Waals surface area contributed by atoms with E-state index in [4.69, 9.17) is 0 Å². The molecule has 0 bridgehead atoms. The van der Waals surface area contributed by atoms with Crippen LogP contribution in [0.15, 0.2) is 0 Å². The minimum atomic E-state index is -0.747. The molecule has 1 fully saturated rings. The highest BCUT2D eigenvalue weighted by Crippen LogP contribution is 1.83. The van der Waals surface area contributed by atoms with Gasteiger partial charge in [0.05, 0.1) is 0 Å². The van der Waals surface area contributed by atoms with Crippen LogP contribution in [0.3, 0.4) is 0 Å². The Kier molecular flexibility index (Phi) is 1.66. The maximum Gasteiger partial charge on any atom is 0.309 e. The Bertz CT molecular complexity index is 189. The third-order valence-corrected chi connectivity index (χ3v) is 1.17. The molecule has 10 heavy (non-hydrogen) atoms. The van der Waals surface area contributed by atoms with E-state index in [1.807, 2.05) is 0 Å². The third-order valence-electron chi connectivity index (χ3n) is 1.17. The fourth-order valence-electron chi connectivity index (χ4n) is 0.650. The monoisotopic (exact) mass is 142 g/mol. The minimum Gasteiger partial charge on any atom is -0.345 e. The smallest absolute Gasteiger partial charge is 0.309 e. The van der Waals surface area contributed by atoms with E-state index in [0.29, 0.717) is 6.29 Å². The van der Waals surface area contributed by atoms with Gasteiger partial charge in [0.25, 0.3) is 0 Å². The first kappa shape index (κ1) is 6.73. The second-order valence-corrected chi connectivity index (χ2v) is 1.93. The highest BCUT2D eigenvalue weighted by Gasteiger charge is 2.23. The Hall–Kier alpha value is -1.39. The number of carbonyl (C=O) groups excluding carboxylic acids is 3. The van der Waals surface area contributed by atoms with Crippen molar-refractivity contribution in [3.05, 3.63) is 0 Å². The van der Waals surface area contributed by atoms with E-state index in [-0.39, 0.29) is 6.54 Å². The molecule has 0 aliphatic carbocycles. The van der Waals surface area contributed by atoms with Crippen LogP contribution in [0.2, 0.25) is 0 Å². The van der Waals surface area contributed by atoms with Gasteiger partial charge in [0, 0.05) is 6.54 Å². The molecule has 0 radical (unpaired) electrons. The minimum absolute atomic E-state index is 0.189. The number of rotatable bonds is 1. The summed E-state index contributed by atoms with van der Waals surface area (Å²) in [6, 6.07) is -0.565. The molecule has 1 rings (SSSR count). The van der Waals surface area contributed by atoms with Crippen molar-refractivity contribution in [1.82, 2.24) is 10.6 Å². The van der Waals surface area contributed by atoms with Gasteiger partial charge in [-0.2, -0.15) is 0 Å². The van der Waals surface area contributed by atoms with Gasteiger partial charge < -0.3 is 15.4 Å². The molecule has 1 aliphatic heterocycles. The lowest BCUT2D eigenvalue weighted by atomic mass is 10.2. The fourth-order valence-corrected chi connectivity index (χ4v) is 0.650. The summed E-state index contributed by atoms with van der Waals surface area (Å²) >= 11 is 0. The molecule has 2 N–H and O–H groups in total. The van der Waals surface area contributed by atoms with E-state index < -0.39 is 17.9 Å². The second-order valence-electron chi connectivity index (χ2n) is 1.93. The van der Waals surface area contributed by atoms with Gasteiger partial charge in [0.2, 0.25) is 0 Å². The molecule has 0 aromatic heterocycles. The topological polar surface area (TPSA) is 75.3 Å². The van der Waals surface area contributed by atoms with E-state index in [9.17, 15) is 14.4 Å². The number of nitrogens with one attached hydrogen (secondary N) is 2. The van der Waals surface area contributed by atoms with E-state index in [0.717, 1.165) is 0 Å². The van der Waals surface area contributed by atoms with Gasteiger partial charge in [0.15, 0.2) is 0 Å². The van der Waals surface area contributed by atoms with Gasteiger partial charge in [-0.05, 0) is 0 Å². The first-order chi connectivity index (χ1) is 4.74. The van der Waals surface area contributed by atoms with E-state index in [1.165, 1.54) is 0 Å². The molecule has 5 nitrogen and oxygen atoms in total. The maximum absolute atomic E-state index is 10.5. The third kappa shape index (κ3) is 1.12. The summed E-state index contributed by atoms with van der Waals surface area (Å²) < 4.78 is 0. The molecule has 1 heterocycles. The van der Waals surface area contributed by atoms with Crippen LogP contribution in [0.1, 0.15) is 0 Å². The summed E-state index contributed by atoms with van der Waals surface area (Å²) in [6.07, 6.45) is 0.581. The summed E-state index contributed by atoms with van der Waals surface area (Å²) in [7, 11) is 0. The van der Waals surface area contributed by atoms with Crippen molar-refractivity contribution in [3.63, 3.8) is 0 Å². The number of hydrogen-bond acceptors (Lipinski definition) is 3. The van der Waals surface area contributed by atoms with Gasteiger partial charge in [-0.3, -0.25) is 9.59 Å². The summed E-state index contributed by atoms with van der Waals surface area (Å²) in [5.74, 6) is -1.43. The largest absolute Gasteiger partial charge is 0.345 e. The van der Waals surface area contributed by atoms with Gasteiger partial charge >= 0.3 is 11.8 Å². The van der Waals surface area contributed by atoms with Gasteiger partial charge in [-0.25, -0.2) is 0 Å². The van der Waals surface area contributed by atoms with Crippen molar-refractivity contribution in [2.75, 3.05) is 6.54 Å². The molecule has 0 aromatic rings. The zero-order chi connectivity index (χ0) is 7.56. The first-order valence-electron chi connectivity index (χ1n) is 2.78. The summed E-state index contributed by atoms with van der Waals surface area (Å²) in [5, 5.41) is 4.45.